The maximum absolute atomic E-state index is 13.0. The number of carbonyl (C=O) groups is 1. The molecule has 15 heteroatoms. The number of anilines is 2. The number of ether oxygens (including phenoxy) is 1. The molecule has 1 amide bonds. The summed E-state index contributed by atoms with van der Waals surface area (Å²) in [7, 11) is -8.20. The van der Waals surface area contributed by atoms with Crippen LogP contribution in [0.4, 0.5) is 24.5 Å². The summed E-state index contributed by atoms with van der Waals surface area (Å²) >= 11 is 6.13. The van der Waals surface area contributed by atoms with Gasteiger partial charge in [0, 0.05) is 30.0 Å². The zero-order valence-electron chi connectivity index (χ0n) is 19.9. The second-order valence-electron chi connectivity index (χ2n) is 8.32. The fourth-order valence-electron chi connectivity index (χ4n) is 3.67. The number of morpholine rings is 1. The largest absolute Gasteiger partial charge is 0.416 e. The number of rotatable bonds is 7. The van der Waals surface area contributed by atoms with Crippen LogP contribution in [0, 0.1) is 0 Å². The number of hydrogen-bond acceptors (Lipinski definition) is 6. The third-order valence-corrected chi connectivity index (χ3v) is 9.42. The third kappa shape index (κ3) is 6.70. The number of nitrogens with zero attached hydrogens (tertiary/aromatic N) is 1. The third-order valence-electron chi connectivity index (χ3n) is 5.65. The van der Waals surface area contributed by atoms with Gasteiger partial charge in [0.1, 0.15) is 4.90 Å². The number of nitrogens with one attached hydrogen (secondary N) is 2. The number of benzene rings is 3. The normalized spacial score (nSPS) is 15.1. The van der Waals surface area contributed by atoms with Crippen molar-refractivity contribution in [3.63, 3.8) is 0 Å². The summed E-state index contributed by atoms with van der Waals surface area (Å²) in [6.45, 7) is 0.809. The highest BCUT2D eigenvalue weighted by atomic mass is 35.5. The lowest BCUT2D eigenvalue weighted by Crippen LogP contribution is -2.40. The van der Waals surface area contributed by atoms with Gasteiger partial charge >= 0.3 is 6.18 Å². The molecule has 1 fully saturated rings. The van der Waals surface area contributed by atoms with Crippen LogP contribution >= 0.6 is 11.6 Å². The summed E-state index contributed by atoms with van der Waals surface area (Å²) in [5.74, 6) is -0.665. The first-order valence-corrected chi connectivity index (χ1v) is 14.6. The molecule has 39 heavy (non-hydrogen) atoms. The first-order chi connectivity index (χ1) is 18.3. The minimum absolute atomic E-state index is 0.0256. The Bertz CT molecular complexity index is 1590. The van der Waals surface area contributed by atoms with Crippen molar-refractivity contribution in [2.24, 2.45) is 0 Å². The molecule has 0 aliphatic carbocycles. The topological polar surface area (TPSA) is 122 Å². The molecule has 208 valence electrons. The van der Waals surface area contributed by atoms with Crippen molar-refractivity contribution in [1.82, 2.24) is 4.31 Å². The average molecular weight is 604 g/mol. The van der Waals surface area contributed by atoms with Gasteiger partial charge in [-0.05, 0) is 60.7 Å². The van der Waals surface area contributed by atoms with Crippen LogP contribution in [0.15, 0.2) is 76.5 Å². The van der Waals surface area contributed by atoms with E-state index in [9.17, 15) is 34.8 Å². The number of amides is 1. The number of carbonyl (C=O) groups excluding carboxylic acids is 1. The van der Waals surface area contributed by atoms with Crippen LogP contribution in [0.1, 0.15) is 15.9 Å². The van der Waals surface area contributed by atoms with Gasteiger partial charge in [-0.3, -0.25) is 9.52 Å². The zero-order chi connectivity index (χ0) is 28.4. The lowest BCUT2D eigenvalue weighted by Gasteiger charge is -2.26. The highest BCUT2D eigenvalue weighted by Gasteiger charge is 2.31. The van der Waals surface area contributed by atoms with E-state index in [0.29, 0.717) is 6.07 Å². The molecule has 3 aromatic carbocycles. The van der Waals surface area contributed by atoms with E-state index in [4.69, 9.17) is 16.3 Å². The van der Waals surface area contributed by atoms with E-state index >= 15 is 0 Å². The van der Waals surface area contributed by atoms with Crippen molar-refractivity contribution in [2.75, 3.05) is 36.3 Å². The van der Waals surface area contributed by atoms with Gasteiger partial charge in [-0.15, -0.1) is 0 Å². The van der Waals surface area contributed by atoms with E-state index in [1.165, 1.54) is 40.7 Å². The SMILES string of the molecule is O=C(Nc1ccc(Cl)c(S(=O)(=O)N2CCOCC2)c1)c1ccc(S(=O)(=O)Nc2cccc(C(F)(F)F)c2)cc1. The summed E-state index contributed by atoms with van der Waals surface area (Å²) in [6.07, 6.45) is -4.64. The van der Waals surface area contributed by atoms with Gasteiger partial charge in [0.05, 0.1) is 28.7 Å². The minimum atomic E-state index is -4.64. The second-order valence-corrected chi connectivity index (χ2v) is 12.3. The number of halogens is 4. The van der Waals surface area contributed by atoms with Gasteiger partial charge in [-0.1, -0.05) is 17.7 Å². The maximum atomic E-state index is 13.0. The van der Waals surface area contributed by atoms with Crippen molar-refractivity contribution in [1.29, 1.82) is 0 Å². The zero-order valence-corrected chi connectivity index (χ0v) is 22.3. The summed E-state index contributed by atoms with van der Waals surface area (Å²) in [6, 6.07) is 12.3. The molecule has 1 saturated heterocycles. The Morgan fingerprint density at radius 1 is 0.897 bits per heavy atom. The summed E-state index contributed by atoms with van der Waals surface area (Å²) in [4.78, 5) is 12.3. The van der Waals surface area contributed by atoms with Gasteiger partial charge in [0.15, 0.2) is 0 Å². The highest BCUT2D eigenvalue weighted by molar-refractivity contribution is 7.92. The predicted molar refractivity (Wildman–Crippen MR) is 138 cm³/mol. The molecule has 0 saturated carbocycles. The average Bonchev–Trinajstić information content (AvgIpc) is 2.89. The van der Waals surface area contributed by atoms with E-state index in [1.807, 2.05) is 0 Å². The van der Waals surface area contributed by atoms with Crippen LogP contribution in [0.3, 0.4) is 0 Å². The summed E-state index contributed by atoms with van der Waals surface area (Å²) in [5, 5.41) is 2.52. The molecule has 0 spiro atoms. The number of hydrogen-bond donors (Lipinski definition) is 2. The molecule has 3 aromatic rings. The van der Waals surface area contributed by atoms with Crippen LogP contribution in [-0.4, -0.2) is 53.4 Å². The lowest BCUT2D eigenvalue weighted by atomic mass is 10.2. The predicted octanol–water partition coefficient (Wildman–Crippen LogP) is 4.43. The van der Waals surface area contributed by atoms with E-state index in [1.54, 1.807) is 0 Å². The van der Waals surface area contributed by atoms with Gasteiger partial charge in [-0.25, -0.2) is 16.8 Å². The molecule has 0 bridgehead atoms. The molecule has 2 N–H and O–H groups in total. The molecule has 0 radical (unpaired) electrons. The van der Waals surface area contributed by atoms with E-state index < -0.39 is 37.7 Å². The molecule has 1 heterocycles. The summed E-state index contributed by atoms with van der Waals surface area (Å²) in [5.41, 5.74) is -1.12. The van der Waals surface area contributed by atoms with Crippen LogP contribution < -0.4 is 10.0 Å². The van der Waals surface area contributed by atoms with Gasteiger partial charge < -0.3 is 10.1 Å². The molecular formula is C24H21ClF3N3O6S2. The van der Waals surface area contributed by atoms with Crippen molar-refractivity contribution in [2.45, 2.75) is 16.0 Å². The van der Waals surface area contributed by atoms with Crippen LogP contribution in [-0.2, 0) is 31.0 Å². The fraction of sp³-hybridized carbons (Fsp3) is 0.208. The molecule has 1 aliphatic rings. The van der Waals surface area contributed by atoms with Gasteiger partial charge in [0.25, 0.3) is 15.9 Å². The van der Waals surface area contributed by atoms with Crippen LogP contribution in [0.2, 0.25) is 5.02 Å². The lowest BCUT2D eigenvalue weighted by molar-refractivity contribution is -0.137. The molecule has 0 aromatic heterocycles. The van der Waals surface area contributed by atoms with Crippen LogP contribution in [0.5, 0.6) is 0 Å². The van der Waals surface area contributed by atoms with E-state index in [2.05, 4.69) is 10.0 Å². The van der Waals surface area contributed by atoms with Crippen molar-refractivity contribution in [3.8, 4) is 0 Å². The van der Waals surface area contributed by atoms with Crippen molar-refractivity contribution >= 4 is 48.9 Å². The molecule has 0 atom stereocenters. The molecule has 9 nitrogen and oxygen atoms in total. The van der Waals surface area contributed by atoms with Gasteiger partial charge in [-0.2, -0.15) is 17.5 Å². The maximum Gasteiger partial charge on any atom is 0.416 e. The Kier molecular flexibility index (Phi) is 8.23. The molecule has 1 aliphatic heterocycles. The standard InChI is InChI=1S/C24H21ClF3N3O6S2/c25-21-9-6-18(15-22(21)39(35,36)31-10-12-37-13-11-31)29-23(32)16-4-7-20(8-5-16)38(33,34)30-19-3-1-2-17(14-19)24(26,27)28/h1-9,14-15,30H,10-13H2,(H,29,32). The van der Waals surface area contributed by atoms with E-state index in [0.717, 1.165) is 24.3 Å². The Labute approximate surface area is 227 Å². The van der Waals surface area contributed by atoms with Crippen molar-refractivity contribution < 1.29 is 39.5 Å². The minimum Gasteiger partial charge on any atom is -0.379 e. The van der Waals surface area contributed by atoms with E-state index in [-0.39, 0.29) is 58.1 Å². The number of alkyl halides is 3. The van der Waals surface area contributed by atoms with Gasteiger partial charge in [0.2, 0.25) is 10.0 Å². The smallest absolute Gasteiger partial charge is 0.379 e. The highest BCUT2D eigenvalue weighted by Crippen LogP contribution is 2.31. The van der Waals surface area contributed by atoms with Crippen LogP contribution in [0.25, 0.3) is 0 Å². The second kappa shape index (κ2) is 11.1. The van der Waals surface area contributed by atoms with Crippen molar-refractivity contribution in [3.05, 3.63) is 82.9 Å². The molecular weight excluding hydrogens is 583 g/mol. The first-order valence-electron chi connectivity index (χ1n) is 11.3. The fourth-order valence-corrected chi connectivity index (χ4v) is 6.62. The Hall–Kier alpha value is -3.17. The Balaban J connectivity index is 1.49. The summed E-state index contributed by atoms with van der Waals surface area (Å²) < 4.78 is 98.6. The number of sulfonamides is 2. The monoisotopic (exact) mass is 603 g/mol. The first kappa shape index (κ1) is 28.8. The Morgan fingerprint density at radius 3 is 2.21 bits per heavy atom. The molecule has 0 unspecified atom stereocenters. The molecule has 4 rings (SSSR count). The Morgan fingerprint density at radius 2 is 1.56 bits per heavy atom. The quantitative estimate of drug-likeness (QED) is 0.412.